The molecule has 2 aliphatic rings. The van der Waals surface area contributed by atoms with Crippen LogP contribution in [0.15, 0.2) is 18.2 Å². The number of ether oxygens (including phenoxy) is 1. The maximum absolute atomic E-state index is 12.3. The molecule has 0 N–H and O–H groups in total. The van der Waals surface area contributed by atoms with Gasteiger partial charge >= 0.3 is 0 Å². The van der Waals surface area contributed by atoms with Crippen LogP contribution in [0.3, 0.4) is 0 Å². The van der Waals surface area contributed by atoms with Gasteiger partial charge in [-0.1, -0.05) is 18.6 Å². The van der Waals surface area contributed by atoms with Crippen LogP contribution in [0.25, 0.3) is 0 Å². The quantitative estimate of drug-likeness (QED) is 0.681. The summed E-state index contributed by atoms with van der Waals surface area (Å²) in [6.45, 7) is 4.22. The van der Waals surface area contributed by atoms with Crippen molar-refractivity contribution in [2.75, 3.05) is 0 Å². The highest BCUT2D eigenvalue weighted by atomic mass is 16.5. The molecule has 1 aromatic rings. The Balaban J connectivity index is 2.04. The van der Waals surface area contributed by atoms with Crippen LogP contribution in [0, 0.1) is 12.8 Å². The SMILES string of the molecule is Cc1ccc2c(c1)C(=O)CC1(CCCC1C)O2. The molecule has 1 saturated carbocycles. The summed E-state index contributed by atoms with van der Waals surface area (Å²) in [5.41, 5.74) is 1.69. The first-order valence-corrected chi connectivity index (χ1v) is 6.44. The second-order valence-corrected chi connectivity index (χ2v) is 5.56. The van der Waals surface area contributed by atoms with E-state index in [-0.39, 0.29) is 11.4 Å². The van der Waals surface area contributed by atoms with E-state index in [0.717, 1.165) is 23.3 Å². The average molecular weight is 230 g/mol. The molecule has 1 aliphatic heterocycles. The predicted octanol–water partition coefficient (Wildman–Crippen LogP) is 3.52. The Morgan fingerprint density at radius 2 is 2.24 bits per heavy atom. The number of hydrogen-bond acceptors (Lipinski definition) is 2. The van der Waals surface area contributed by atoms with Crippen molar-refractivity contribution in [3.63, 3.8) is 0 Å². The largest absolute Gasteiger partial charge is 0.486 e. The van der Waals surface area contributed by atoms with E-state index in [9.17, 15) is 4.79 Å². The molecule has 0 amide bonds. The molecule has 0 saturated heterocycles. The second kappa shape index (κ2) is 3.59. The number of fused-ring (bicyclic) bond motifs is 1. The van der Waals surface area contributed by atoms with Gasteiger partial charge in [-0.05, 0) is 44.2 Å². The summed E-state index contributed by atoms with van der Waals surface area (Å²) >= 11 is 0. The molecule has 0 aromatic heterocycles. The van der Waals surface area contributed by atoms with Crippen molar-refractivity contribution in [1.82, 2.24) is 0 Å². The van der Waals surface area contributed by atoms with E-state index in [1.807, 2.05) is 25.1 Å². The Morgan fingerprint density at radius 3 is 2.94 bits per heavy atom. The lowest BCUT2D eigenvalue weighted by atomic mass is 9.83. The van der Waals surface area contributed by atoms with Gasteiger partial charge in [0.15, 0.2) is 5.78 Å². The van der Waals surface area contributed by atoms with Crippen LogP contribution in [0.2, 0.25) is 0 Å². The maximum atomic E-state index is 12.3. The van der Waals surface area contributed by atoms with E-state index in [0.29, 0.717) is 12.3 Å². The summed E-state index contributed by atoms with van der Waals surface area (Å²) in [6.07, 6.45) is 3.93. The Kier molecular flexibility index (Phi) is 2.29. The first-order chi connectivity index (χ1) is 8.11. The molecule has 1 aliphatic carbocycles. The van der Waals surface area contributed by atoms with Crippen molar-refractivity contribution in [1.29, 1.82) is 0 Å². The number of carbonyl (C=O) groups excluding carboxylic acids is 1. The highest BCUT2D eigenvalue weighted by Crippen LogP contribution is 2.46. The van der Waals surface area contributed by atoms with Gasteiger partial charge in [-0.2, -0.15) is 0 Å². The first kappa shape index (κ1) is 10.8. The number of aryl methyl sites for hydroxylation is 1. The van der Waals surface area contributed by atoms with Gasteiger partial charge in [-0.25, -0.2) is 0 Å². The molecule has 1 fully saturated rings. The van der Waals surface area contributed by atoms with Gasteiger partial charge < -0.3 is 4.74 Å². The third-order valence-electron chi connectivity index (χ3n) is 4.34. The van der Waals surface area contributed by atoms with E-state index in [2.05, 4.69) is 6.92 Å². The minimum absolute atomic E-state index is 0.209. The van der Waals surface area contributed by atoms with Gasteiger partial charge in [0.1, 0.15) is 11.4 Å². The number of hydrogen-bond donors (Lipinski definition) is 0. The van der Waals surface area contributed by atoms with Crippen molar-refractivity contribution in [2.24, 2.45) is 5.92 Å². The number of ketones is 1. The minimum atomic E-state index is -0.209. The average Bonchev–Trinajstić information content (AvgIpc) is 2.62. The molecule has 0 bridgehead atoms. The molecular formula is C15H18O2. The van der Waals surface area contributed by atoms with Crippen molar-refractivity contribution < 1.29 is 9.53 Å². The van der Waals surface area contributed by atoms with E-state index in [4.69, 9.17) is 4.74 Å². The summed E-state index contributed by atoms with van der Waals surface area (Å²) in [4.78, 5) is 12.3. The smallest absolute Gasteiger partial charge is 0.170 e. The normalized spacial score (nSPS) is 31.4. The molecule has 1 spiro atoms. The van der Waals surface area contributed by atoms with Gasteiger partial charge in [-0.3, -0.25) is 4.79 Å². The highest BCUT2D eigenvalue weighted by molar-refractivity contribution is 6.00. The van der Waals surface area contributed by atoms with Crippen molar-refractivity contribution in [3.8, 4) is 5.75 Å². The van der Waals surface area contributed by atoms with Gasteiger partial charge in [0.2, 0.25) is 0 Å². The molecule has 0 radical (unpaired) electrons. The zero-order chi connectivity index (χ0) is 12.0. The fourth-order valence-electron chi connectivity index (χ4n) is 3.20. The molecular weight excluding hydrogens is 212 g/mol. The molecule has 1 aromatic carbocycles. The molecule has 2 heteroatoms. The van der Waals surface area contributed by atoms with Crippen molar-refractivity contribution >= 4 is 5.78 Å². The molecule has 90 valence electrons. The van der Waals surface area contributed by atoms with Gasteiger partial charge in [0.05, 0.1) is 12.0 Å². The Labute approximate surface area is 102 Å². The monoisotopic (exact) mass is 230 g/mol. The third-order valence-corrected chi connectivity index (χ3v) is 4.34. The Morgan fingerprint density at radius 1 is 1.41 bits per heavy atom. The molecule has 2 atom stereocenters. The van der Waals surface area contributed by atoms with Crippen molar-refractivity contribution in [2.45, 2.75) is 45.1 Å². The van der Waals surface area contributed by atoms with Gasteiger partial charge in [-0.15, -0.1) is 0 Å². The van der Waals surface area contributed by atoms with Crippen LogP contribution >= 0.6 is 0 Å². The Bertz CT molecular complexity index is 478. The molecule has 2 nitrogen and oxygen atoms in total. The van der Waals surface area contributed by atoms with Crippen LogP contribution < -0.4 is 4.74 Å². The lowest BCUT2D eigenvalue weighted by Gasteiger charge is -2.38. The molecule has 1 heterocycles. The summed E-state index contributed by atoms with van der Waals surface area (Å²) < 4.78 is 6.20. The minimum Gasteiger partial charge on any atom is -0.486 e. The topological polar surface area (TPSA) is 26.3 Å². The van der Waals surface area contributed by atoms with E-state index in [1.54, 1.807) is 0 Å². The molecule has 3 rings (SSSR count). The second-order valence-electron chi connectivity index (χ2n) is 5.56. The zero-order valence-electron chi connectivity index (χ0n) is 10.5. The van der Waals surface area contributed by atoms with E-state index < -0.39 is 0 Å². The number of carbonyl (C=O) groups is 1. The van der Waals surface area contributed by atoms with Gasteiger partial charge in [0.25, 0.3) is 0 Å². The summed E-state index contributed by atoms with van der Waals surface area (Å²) in [5.74, 6) is 1.53. The standard InChI is InChI=1S/C15H18O2/c1-10-5-6-14-12(8-10)13(16)9-15(17-14)7-3-4-11(15)2/h5-6,8,11H,3-4,7,9H2,1-2H3. The third kappa shape index (κ3) is 1.58. The summed E-state index contributed by atoms with van der Waals surface area (Å²) in [6, 6.07) is 5.92. The maximum Gasteiger partial charge on any atom is 0.170 e. The van der Waals surface area contributed by atoms with Crippen LogP contribution in [-0.2, 0) is 0 Å². The number of Topliss-reactive ketones (excluding diaryl/α,β-unsaturated/α-hetero) is 1. The van der Waals surface area contributed by atoms with E-state index in [1.165, 1.54) is 12.8 Å². The lowest BCUT2D eigenvalue weighted by Crippen LogP contribution is -2.44. The van der Waals surface area contributed by atoms with E-state index >= 15 is 0 Å². The van der Waals surface area contributed by atoms with Crippen LogP contribution in [-0.4, -0.2) is 11.4 Å². The van der Waals surface area contributed by atoms with Gasteiger partial charge in [0, 0.05) is 0 Å². The van der Waals surface area contributed by atoms with Crippen LogP contribution in [0.4, 0.5) is 0 Å². The predicted molar refractivity (Wildman–Crippen MR) is 66.5 cm³/mol. The lowest BCUT2D eigenvalue weighted by molar-refractivity contribution is 0.0179. The zero-order valence-corrected chi connectivity index (χ0v) is 10.5. The fourth-order valence-corrected chi connectivity index (χ4v) is 3.20. The molecule has 17 heavy (non-hydrogen) atoms. The van der Waals surface area contributed by atoms with Crippen molar-refractivity contribution in [3.05, 3.63) is 29.3 Å². The highest BCUT2D eigenvalue weighted by Gasteiger charge is 2.47. The number of benzene rings is 1. The van der Waals surface area contributed by atoms with Crippen LogP contribution in [0.5, 0.6) is 5.75 Å². The molecule has 2 unspecified atom stereocenters. The van der Waals surface area contributed by atoms with Crippen LogP contribution in [0.1, 0.15) is 48.5 Å². The summed E-state index contributed by atoms with van der Waals surface area (Å²) in [7, 11) is 0. The fraction of sp³-hybridized carbons (Fsp3) is 0.533. The Hall–Kier alpha value is -1.31. The summed E-state index contributed by atoms with van der Waals surface area (Å²) in [5, 5.41) is 0. The first-order valence-electron chi connectivity index (χ1n) is 6.44. The number of rotatable bonds is 0.